The molecule has 1 N–H and O–H groups in total. The number of sulfonamides is 1. The molecule has 1 fully saturated rings. The molecule has 140 valence electrons. The molecule has 0 bridgehead atoms. The summed E-state index contributed by atoms with van der Waals surface area (Å²) in [5.41, 5.74) is 2.42. The third-order valence-corrected chi connectivity index (χ3v) is 5.97. The van der Waals surface area contributed by atoms with E-state index in [1.165, 1.54) is 7.11 Å². The first kappa shape index (κ1) is 18.5. The number of methoxy groups -OCH3 is 2. The van der Waals surface area contributed by atoms with Crippen LogP contribution in [0.1, 0.15) is 12.0 Å². The van der Waals surface area contributed by atoms with E-state index in [0.717, 1.165) is 30.8 Å². The van der Waals surface area contributed by atoms with E-state index in [1.807, 2.05) is 25.1 Å². The fourth-order valence-corrected chi connectivity index (χ4v) is 4.41. The van der Waals surface area contributed by atoms with E-state index in [0.29, 0.717) is 11.4 Å². The molecule has 1 heterocycles. The van der Waals surface area contributed by atoms with Crippen molar-refractivity contribution in [1.29, 1.82) is 0 Å². The normalized spacial score (nSPS) is 17.3. The van der Waals surface area contributed by atoms with Crippen molar-refractivity contribution < 1.29 is 17.9 Å². The van der Waals surface area contributed by atoms with Gasteiger partial charge in [0.05, 0.1) is 13.2 Å². The standard InChI is InChI=1S/C19H24N2O4S/c1-14-4-9-18(25-3)19(12-14)26(22,23)20-15-5-7-16(8-6-15)21-11-10-17(13-21)24-2/h4-9,12,17,20H,10-11,13H2,1-3H3. The molecular formula is C19H24N2O4S. The maximum absolute atomic E-state index is 12.7. The number of nitrogens with one attached hydrogen (secondary N) is 1. The molecule has 0 amide bonds. The lowest BCUT2D eigenvalue weighted by Crippen LogP contribution is -2.22. The van der Waals surface area contributed by atoms with Crippen molar-refractivity contribution >= 4 is 21.4 Å². The number of benzene rings is 2. The largest absolute Gasteiger partial charge is 0.495 e. The fourth-order valence-electron chi connectivity index (χ4n) is 3.10. The number of ether oxygens (including phenoxy) is 2. The number of hydrogen-bond acceptors (Lipinski definition) is 5. The predicted octanol–water partition coefficient (Wildman–Crippen LogP) is 3.03. The summed E-state index contributed by atoms with van der Waals surface area (Å²) in [7, 11) is -0.544. The van der Waals surface area contributed by atoms with Crippen molar-refractivity contribution in [1.82, 2.24) is 0 Å². The van der Waals surface area contributed by atoms with Gasteiger partial charge in [-0.15, -0.1) is 0 Å². The monoisotopic (exact) mass is 376 g/mol. The molecule has 1 aliphatic heterocycles. The van der Waals surface area contributed by atoms with Crippen molar-refractivity contribution in [3.05, 3.63) is 48.0 Å². The molecule has 2 aromatic carbocycles. The average Bonchev–Trinajstić information content (AvgIpc) is 3.11. The second kappa shape index (κ2) is 7.55. The molecule has 0 aliphatic carbocycles. The first-order valence-electron chi connectivity index (χ1n) is 8.48. The molecular weight excluding hydrogens is 352 g/mol. The van der Waals surface area contributed by atoms with Gasteiger partial charge in [0, 0.05) is 31.6 Å². The van der Waals surface area contributed by atoms with Gasteiger partial charge in [-0.1, -0.05) is 6.07 Å². The van der Waals surface area contributed by atoms with Crippen LogP contribution in [0.15, 0.2) is 47.4 Å². The minimum Gasteiger partial charge on any atom is -0.495 e. The van der Waals surface area contributed by atoms with E-state index < -0.39 is 10.0 Å². The molecule has 3 rings (SSSR count). The molecule has 1 unspecified atom stereocenters. The van der Waals surface area contributed by atoms with Crippen molar-refractivity contribution in [2.24, 2.45) is 0 Å². The van der Waals surface area contributed by atoms with Gasteiger partial charge in [-0.2, -0.15) is 0 Å². The van der Waals surface area contributed by atoms with Crippen LogP contribution in [0.4, 0.5) is 11.4 Å². The highest BCUT2D eigenvalue weighted by atomic mass is 32.2. The molecule has 2 aromatic rings. The van der Waals surface area contributed by atoms with Crippen molar-refractivity contribution in [2.75, 3.05) is 36.9 Å². The van der Waals surface area contributed by atoms with Gasteiger partial charge in [0.2, 0.25) is 0 Å². The van der Waals surface area contributed by atoms with Crippen LogP contribution < -0.4 is 14.4 Å². The van der Waals surface area contributed by atoms with Crippen LogP contribution in [0, 0.1) is 6.92 Å². The lowest BCUT2D eigenvalue weighted by molar-refractivity contribution is 0.121. The first-order chi connectivity index (χ1) is 12.4. The highest BCUT2D eigenvalue weighted by Gasteiger charge is 2.23. The van der Waals surface area contributed by atoms with Gasteiger partial charge in [-0.05, 0) is 55.3 Å². The zero-order valence-electron chi connectivity index (χ0n) is 15.2. The summed E-state index contributed by atoms with van der Waals surface area (Å²) >= 11 is 0. The fraction of sp³-hybridized carbons (Fsp3) is 0.368. The van der Waals surface area contributed by atoms with Crippen LogP contribution in [0.3, 0.4) is 0 Å². The Labute approximate surface area is 154 Å². The van der Waals surface area contributed by atoms with Crippen LogP contribution in [-0.2, 0) is 14.8 Å². The Bertz CT molecular complexity index is 866. The molecule has 7 heteroatoms. The number of rotatable bonds is 6. The predicted molar refractivity (Wildman–Crippen MR) is 103 cm³/mol. The van der Waals surface area contributed by atoms with Crippen LogP contribution in [0.2, 0.25) is 0 Å². The van der Waals surface area contributed by atoms with E-state index in [1.54, 1.807) is 31.4 Å². The second-order valence-electron chi connectivity index (χ2n) is 6.40. The summed E-state index contributed by atoms with van der Waals surface area (Å²) in [4.78, 5) is 2.36. The van der Waals surface area contributed by atoms with Gasteiger partial charge in [0.1, 0.15) is 10.6 Å². The zero-order chi connectivity index (χ0) is 18.7. The molecule has 6 nitrogen and oxygen atoms in total. The summed E-state index contributed by atoms with van der Waals surface area (Å²) < 4.78 is 38.7. The van der Waals surface area contributed by atoms with E-state index in [9.17, 15) is 8.42 Å². The topological polar surface area (TPSA) is 67.9 Å². The Hall–Kier alpha value is -2.25. The van der Waals surface area contributed by atoms with Crippen molar-refractivity contribution in [2.45, 2.75) is 24.3 Å². The molecule has 0 radical (unpaired) electrons. The molecule has 0 spiro atoms. The summed E-state index contributed by atoms with van der Waals surface area (Å²) in [5, 5.41) is 0. The third kappa shape index (κ3) is 3.94. The second-order valence-corrected chi connectivity index (χ2v) is 8.05. The minimum atomic E-state index is -3.73. The van der Waals surface area contributed by atoms with Gasteiger partial charge in [-0.25, -0.2) is 8.42 Å². The lowest BCUT2D eigenvalue weighted by atomic mass is 10.2. The SMILES string of the molecule is COc1ccc(C)cc1S(=O)(=O)Nc1ccc(N2CCC(OC)C2)cc1. The molecule has 0 aromatic heterocycles. The summed E-state index contributed by atoms with van der Waals surface area (Å²) in [6, 6.07) is 12.5. The van der Waals surface area contributed by atoms with Gasteiger partial charge in [0.15, 0.2) is 0 Å². The van der Waals surface area contributed by atoms with Gasteiger partial charge < -0.3 is 14.4 Å². The summed E-state index contributed by atoms with van der Waals surface area (Å²) in [6.07, 6.45) is 1.25. The Morgan fingerprint density at radius 1 is 1.12 bits per heavy atom. The highest BCUT2D eigenvalue weighted by Crippen LogP contribution is 2.28. The van der Waals surface area contributed by atoms with Gasteiger partial charge in [0.25, 0.3) is 10.0 Å². The van der Waals surface area contributed by atoms with Crippen LogP contribution in [-0.4, -0.2) is 41.8 Å². The zero-order valence-corrected chi connectivity index (χ0v) is 16.0. The summed E-state index contributed by atoms with van der Waals surface area (Å²) in [5.74, 6) is 0.322. The quantitative estimate of drug-likeness (QED) is 0.839. The van der Waals surface area contributed by atoms with E-state index in [-0.39, 0.29) is 11.0 Å². The third-order valence-electron chi connectivity index (χ3n) is 4.57. The Balaban J connectivity index is 1.77. The number of aryl methyl sites for hydroxylation is 1. The number of nitrogens with zero attached hydrogens (tertiary/aromatic N) is 1. The number of hydrogen-bond donors (Lipinski definition) is 1. The van der Waals surface area contributed by atoms with Crippen molar-refractivity contribution in [3.63, 3.8) is 0 Å². The molecule has 0 saturated carbocycles. The molecule has 26 heavy (non-hydrogen) atoms. The smallest absolute Gasteiger partial charge is 0.265 e. The first-order valence-corrected chi connectivity index (χ1v) is 9.96. The maximum Gasteiger partial charge on any atom is 0.265 e. The van der Waals surface area contributed by atoms with Crippen LogP contribution in [0.25, 0.3) is 0 Å². The highest BCUT2D eigenvalue weighted by molar-refractivity contribution is 7.92. The Kier molecular flexibility index (Phi) is 5.38. The Morgan fingerprint density at radius 2 is 1.85 bits per heavy atom. The molecule has 1 atom stereocenters. The molecule has 1 saturated heterocycles. The average molecular weight is 376 g/mol. The van der Waals surface area contributed by atoms with Crippen LogP contribution >= 0.6 is 0 Å². The Morgan fingerprint density at radius 3 is 2.46 bits per heavy atom. The van der Waals surface area contributed by atoms with Gasteiger partial charge in [-0.3, -0.25) is 4.72 Å². The maximum atomic E-state index is 12.7. The van der Waals surface area contributed by atoms with E-state index in [2.05, 4.69) is 9.62 Å². The van der Waals surface area contributed by atoms with E-state index in [4.69, 9.17) is 9.47 Å². The molecule has 1 aliphatic rings. The van der Waals surface area contributed by atoms with Crippen LogP contribution in [0.5, 0.6) is 5.75 Å². The summed E-state index contributed by atoms with van der Waals surface area (Å²) in [6.45, 7) is 3.63. The van der Waals surface area contributed by atoms with E-state index >= 15 is 0 Å². The van der Waals surface area contributed by atoms with Crippen molar-refractivity contribution in [3.8, 4) is 5.75 Å². The van der Waals surface area contributed by atoms with Gasteiger partial charge >= 0.3 is 0 Å². The number of anilines is 2. The minimum absolute atomic E-state index is 0.131. The lowest BCUT2D eigenvalue weighted by Gasteiger charge is -2.19.